The molecule has 0 saturated heterocycles. The van der Waals surface area contributed by atoms with Crippen molar-refractivity contribution in [3.05, 3.63) is 76.5 Å². The number of halogens is 1. The minimum Gasteiger partial charge on any atom is -0.487 e. The van der Waals surface area contributed by atoms with Crippen LogP contribution in [0.2, 0.25) is 5.02 Å². The molecule has 1 aliphatic rings. The zero-order valence-corrected chi connectivity index (χ0v) is 17.8. The summed E-state index contributed by atoms with van der Waals surface area (Å²) in [7, 11) is 0. The molecule has 0 radical (unpaired) electrons. The summed E-state index contributed by atoms with van der Waals surface area (Å²) in [5, 5.41) is 7.97. The summed E-state index contributed by atoms with van der Waals surface area (Å²) in [4.78, 5) is 21.2. The van der Waals surface area contributed by atoms with Gasteiger partial charge in [0.05, 0.1) is 6.54 Å². The Morgan fingerprint density at radius 3 is 2.84 bits per heavy atom. The number of nitrogens with zero attached hydrogens (tertiary/aromatic N) is 4. The molecule has 4 aromatic rings. The highest BCUT2D eigenvalue weighted by molar-refractivity contribution is 6.31. The first-order chi connectivity index (χ1) is 15.0. The summed E-state index contributed by atoms with van der Waals surface area (Å²) in [6.07, 6.45) is 3.96. The van der Waals surface area contributed by atoms with E-state index in [1.165, 1.54) is 0 Å². The Bertz CT molecular complexity index is 1300. The first-order valence-electron chi connectivity index (χ1n) is 9.99. The molecular weight excluding hydrogens is 414 g/mol. The van der Waals surface area contributed by atoms with Gasteiger partial charge in [-0.3, -0.25) is 9.78 Å². The number of hydrogen-bond acceptors (Lipinski definition) is 5. The van der Waals surface area contributed by atoms with Crippen LogP contribution in [0, 0.1) is 13.8 Å². The number of carbonyl (C=O) groups is 1. The second kappa shape index (κ2) is 7.67. The third-order valence-electron chi connectivity index (χ3n) is 5.31. The molecule has 8 heteroatoms. The number of aromatic nitrogens is 4. The molecule has 1 amide bonds. The van der Waals surface area contributed by atoms with Crippen LogP contribution >= 0.6 is 11.6 Å². The van der Waals surface area contributed by atoms with Gasteiger partial charge in [0.2, 0.25) is 0 Å². The van der Waals surface area contributed by atoms with Gasteiger partial charge in [0, 0.05) is 52.4 Å². The van der Waals surface area contributed by atoms with E-state index in [0.29, 0.717) is 29.3 Å². The molecule has 0 saturated carbocycles. The third-order valence-corrected chi connectivity index (χ3v) is 5.53. The summed E-state index contributed by atoms with van der Waals surface area (Å²) in [6.45, 7) is 4.22. The number of carbonyl (C=O) groups excluding carboxylic acids is 1. The quantitative estimate of drug-likeness (QED) is 0.529. The molecule has 4 heterocycles. The molecular formula is C23H20ClN5O2. The Morgan fingerprint density at radius 2 is 2.03 bits per heavy atom. The first kappa shape index (κ1) is 19.5. The molecule has 0 aliphatic carbocycles. The van der Waals surface area contributed by atoms with E-state index in [2.05, 4.69) is 20.4 Å². The molecule has 0 bridgehead atoms. The number of pyridine rings is 1. The van der Waals surface area contributed by atoms with Gasteiger partial charge < -0.3 is 10.1 Å². The fraction of sp³-hybridized carbons (Fsp3) is 0.217. The summed E-state index contributed by atoms with van der Waals surface area (Å²) in [6, 6.07) is 11.3. The molecule has 1 N–H and O–H groups in total. The maximum atomic E-state index is 12.7. The zero-order valence-electron chi connectivity index (χ0n) is 17.1. The maximum absolute atomic E-state index is 12.7. The van der Waals surface area contributed by atoms with Gasteiger partial charge in [-0.2, -0.15) is 5.10 Å². The summed E-state index contributed by atoms with van der Waals surface area (Å²) in [5.41, 5.74) is 5.74. The Balaban J connectivity index is 1.32. The van der Waals surface area contributed by atoms with Crippen molar-refractivity contribution in [2.75, 3.05) is 6.54 Å². The molecule has 1 aliphatic heterocycles. The van der Waals surface area contributed by atoms with E-state index in [9.17, 15) is 4.79 Å². The number of nitrogens with one attached hydrogen (secondary N) is 1. The highest BCUT2D eigenvalue weighted by Gasteiger charge is 2.27. The van der Waals surface area contributed by atoms with Crippen LogP contribution in [0.3, 0.4) is 0 Å². The maximum Gasteiger partial charge on any atom is 0.272 e. The summed E-state index contributed by atoms with van der Waals surface area (Å²) in [5.74, 6) is 0.548. The lowest BCUT2D eigenvalue weighted by Gasteiger charge is -2.13. The van der Waals surface area contributed by atoms with Crippen molar-refractivity contribution in [3.63, 3.8) is 0 Å². The second-order valence-corrected chi connectivity index (χ2v) is 8.11. The molecule has 156 valence electrons. The highest BCUT2D eigenvalue weighted by atomic mass is 35.5. The van der Waals surface area contributed by atoms with E-state index in [-0.39, 0.29) is 12.0 Å². The Kier molecular flexibility index (Phi) is 4.82. The Labute approximate surface area is 184 Å². The van der Waals surface area contributed by atoms with Gasteiger partial charge in [-0.05, 0) is 49.7 Å². The van der Waals surface area contributed by atoms with Gasteiger partial charge >= 0.3 is 0 Å². The Morgan fingerprint density at radius 1 is 1.23 bits per heavy atom. The van der Waals surface area contributed by atoms with E-state index in [1.54, 1.807) is 23.0 Å². The van der Waals surface area contributed by atoms with Crippen LogP contribution in [0.5, 0.6) is 5.75 Å². The van der Waals surface area contributed by atoms with Crippen LogP contribution in [-0.2, 0) is 6.42 Å². The van der Waals surface area contributed by atoms with Gasteiger partial charge in [-0.15, -0.1) is 0 Å². The molecule has 5 rings (SSSR count). The predicted octanol–water partition coefficient (Wildman–Crippen LogP) is 3.80. The average Bonchev–Trinajstić information content (AvgIpc) is 3.36. The van der Waals surface area contributed by atoms with Crippen LogP contribution in [0.1, 0.15) is 27.4 Å². The number of hydrogen-bond donors (Lipinski definition) is 1. The number of fused-ring (bicyclic) bond motifs is 2. The number of amides is 1. The van der Waals surface area contributed by atoms with E-state index >= 15 is 0 Å². The largest absolute Gasteiger partial charge is 0.487 e. The van der Waals surface area contributed by atoms with E-state index < -0.39 is 0 Å². The lowest BCUT2D eigenvalue weighted by atomic mass is 10.0. The van der Waals surface area contributed by atoms with Crippen LogP contribution in [-0.4, -0.2) is 38.1 Å². The monoisotopic (exact) mass is 433 g/mol. The van der Waals surface area contributed by atoms with Gasteiger partial charge in [0.1, 0.15) is 11.9 Å². The van der Waals surface area contributed by atoms with Crippen molar-refractivity contribution < 1.29 is 9.53 Å². The van der Waals surface area contributed by atoms with E-state index in [0.717, 1.165) is 33.8 Å². The number of rotatable bonds is 4. The third kappa shape index (κ3) is 3.72. The summed E-state index contributed by atoms with van der Waals surface area (Å²) < 4.78 is 7.87. The lowest BCUT2D eigenvalue weighted by molar-refractivity contribution is 0.0928. The van der Waals surface area contributed by atoms with Crippen molar-refractivity contribution in [3.8, 4) is 16.9 Å². The molecule has 0 fully saturated rings. The van der Waals surface area contributed by atoms with Crippen molar-refractivity contribution in [1.29, 1.82) is 0 Å². The Hall–Kier alpha value is -3.45. The molecule has 1 aromatic carbocycles. The van der Waals surface area contributed by atoms with Crippen LogP contribution in [0.15, 0.2) is 48.8 Å². The van der Waals surface area contributed by atoms with Gasteiger partial charge in [0.15, 0.2) is 11.3 Å². The van der Waals surface area contributed by atoms with E-state index in [4.69, 9.17) is 16.3 Å². The smallest absolute Gasteiger partial charge is 0.272 e. The van der Waals surface area contributed by atoms with Gasteiger partial charge in [-0.25, -0.2) is 9.50 Å². The van der Waals surface area contributed by atoms with Crippen molar-refractivity contribution in [1.82, 2.24) is 24.9 Å². The molecule has 0 unspecified atom stereocenters. The molecule has 1 atom stereocenters. The lowest BCUT2D eigenvalue weighted by Crippen LogP contribution is -2.34. The molecule has 0 spiro atoms. The first-order valence-corrected chi connectivity index (χ1v) is 10.4. The highest BCUT2D eigenvalue weighted by Crippen LogP contribution is 2.40. The van der Waals surface area contributed by atoms with Gasteiger partial charge in [0.25, 0.3) is 5.91 Å². The number of ether oxygens (including phenoxy) is 1. The standard InChI is InChI=1S/C23H20ClN5O2/c1-13-7-14(2)29-21(27-13)11-20(28-29)23(30)26-12-18-9-16-8-17(24)10-19(22(16)31-18)15-3-5-25-6-4-15/h3-8,10-11,18H,9,12H2,1-2H3,(H,26,30)/t18-/m0/s1. The fourth-order valence-electron chi connectivity index (χ4n) is 3.95. The van der Waals surface area contributed by atoms with Crippen LogP contribution < -0.4 is 10.1 Å². The summed E-state index contributed by atoms with van der Waals surface area (Å²) >= 11 is 6.34. The minimum absolute atomic E-state index is 0.183. The van der Waals surface area contributed by atoms with E-state index in [1.807, 2.05) is 44.2 Å². The van der Waals surface area contributed by atoms with Crippen molar-refractivity contribution in [2.45, 2.75) is 26.4 Å². The second-order valence-electron chi connectivity index (χ2n) is 7.67. The van der Waals surface area contributed by atoms with Gasteiger partial charge in [-0.1, -0.05) is 11.6 Å². The zero-order chi connectivity index (χ0) is 21.5. The topological polar surface area (TPSA) is 81.4 Å². The van der Waals surface area contributed by atoms with Crippen molar-refractivity contribution >= 4 is 23.2 Å². The minimum atomic E-state index is -0.255. The number of benzene rings is 1. The average molecular weight is 434 g/mol. The molecule has 7 nitrogen and oxygen atoms in total. The van der Waals surface area contributed by atoms with Crippen LogP contribution in [0.25, 0.3) is 16.8 Å². The number of aryl methyl sites for hydroxylation is 2. The van der Waals surface area contributed by atoms with Crippen LogP contribution in [0.4, 0.5) is 0 Å². The fourth-order valence-corrected chi connectivity index (χ4v) is 4.19. The molecule has 31 heavy (non-hydrogen) atoms. The normalized spacial score (nSPS) is 15.0. The molecule has 3 aromatic heterocycles. The van der Waals surface area contributed by atoms with Crippen molar-refractivity contribution in [2.24, 2.45) is 0 Å². The SMILES string of the molecule is Cc1cc(C)n2nc(C(=O)NC[C@@H]3Cc4cc(Cl)cc(-c5ccncc5)c4O3)cc2n1. The predicted molar refractivity (Wildman–Crippen MR) is 118 cm³/mol.